The van der Waals surface area contributed by atoms with E-state index in [0.717, 1.165) is 0 Å². The Morgan fingerprint density at radius 2 is 0.833 bits per heavy atom. The van der Waals surface area contributed by atoms with Gasteiger partial charge in [0.25, 0.3) is 0 Å². The molecule has 0 atom stereocenters. The normalized spacial score (nSPS) is 16.7. The zero-order valence-electron chi connectivity index (χ0n) is 13.2. The number of rotatable bonds is 8. The molecular weight excluding hydrogens is 486 g/mol. The highest BCUT2D eigenvalue weighted by Crippen LogP contribution is 2.58. The summed E-state index contributed by atoms with van der Waals surface area (Å²) < 4.78 is 229. The third-order valence-corrected chi connectivity index (χ3v) is 3.24. The summed E-state index contributed by atoms with van der Waals surface area (Å²) in [5, 5.41) is 0. The van der Waals surface area contributed by atoms with Crippen molar-refractivity contribution in [3.8, 4) is 0 Å². The maximum Gasteiger partial charge on any atom is 0.460 e. The monoisotopic (exact) mass is 490 g/mol. The van der Waals surface area contributed by atoms with E-state index in [1.165, 1.54) is 0 Å². The predicted octanol–water partition coefficient (Wildman–Crippen LogP) is 7.04. The van der Waals surface area contributed by atoms with E-state index in [4.69, 9.17) is 0 Å². The summed E-state index contributed by atoms with van der Waals surface area (Å²) >= 11 is 0. The van der Waals surface area contributed by atoms with Crippen molar-refractivity contribution < 1.29 is 79.0 Å². The van der Waals surface area contributed by atoms with Crippen molar-refractivity contribution in [3.63, 3.8) is 0 Å². The number of allylic oxidation sites excluding steroid dienone is 3. The van der Waals surface area contributed by atoms with Gasteiger partial charge in [-0.15, -0.1) is 0 Å². The molecule has 0 spiro atoms. The standard InChI is InChI=1S/C12H4F18/c1-2-5(14,15)8(20,21)11(26,27)9(22,23)6(16,17)3-4(13)7(18,19)10(24,25)12(28,29)30/h2-3H,1H2. The van der Waals surface area contributed by atoms with Gasteiger partial charge in [-0.05, 0) is 6.08 Å². The minimum atomic E-state index is -7.93. The molecule has 0 radical (unpaired) electrons. The first-order chi connectivity index (χ1) is 12.7. The van der Waals surface area contributed by atoms with Crippen LogP contribution in [0.1, 0.15) is 0 Å². The van der Waals surface area contributed by atoms with Crippen molar-refractivity contribution in [3.05, 3.63) is 24.6 Å². The maximum atomic E-state index is 13.2. The lowest BCUT2D eigenvalue weighted by molar-refractivity contribution is -0.387. The van der Waals surface area contributed by atoms with E-state index in [-0.39, 0.29) is 0 Å². The molecular formula is C12H4F18. The summed E-state index contributed by atoms with van der Waals surface area (Å²) in [5.41, 5.74) is 0. The van der Waals surface area contributed by atoms with Crippen LogP contribution in [-0.2, 0) is 0 Å². The van der Waals surface area contributed by atoms with Gasteiger partial charge in [-0.25, -0.2) is 4.39 Å². The number of halogens is 18. The van der Waals surface area contributed by atoms with Crippen molar-refractivity contribution in [2.45, 2.75) is 47.6 Å². The van der Waals surface area contributed by atoms with E-state index in [2.05, 4.69) is 0 Å². The summed E-state index contributed by atoms with van der Waals surface area (Å²) in [6, 6.07) is 0. The number of alkyl halides is 17. The van der Waals surface area contributed by atoms with Crippen LogP contribution < -0.4 is 0 Å². The van der Waals surface area contributed by atoms with Gasteiger partial charge in [0.15, 0.2) is 5.83 Å². The predicted molar refractivity (Wildman–Crippen MR) is 60.1 cm³/mol. The van der Waals surface area contributed by atoms with Gasteiger partial charge < -0.3 is 0 Å². The Morgan fingerprint density at radius 1 is 0.500 bits per heavy atom. The van der Waals surface area contributed by atoms with Crippen LogP contribution >= 0.6 is 0 Å². The molecule has 0 heterocycles. The molecule has 0 aliphatic rings. The second-order valence-corrected chi connectivity index (χ2v) is 5.31. The molecule has 30 heavy (non-hydrogen) atoms. The Kier molecular flexibility index (Phi) is 6.71. The summed E-state index contributed by atoms with van der Waals surface area (Å²) in [6.07, 6.45) is -11.8. The van der Waals surface area contributed by atoms with Crippen LogP contribution in [0.25, 0.3) is 0 Å². The molecule has 0 bridgehead atoms. The second-order valence-electron chi connectivity index (χ2n) is 5.31. The Bertz CT molecular complexity index is 678. The zero-order chi connectivity index (χ0) is 25.0. The summed E-state index contributed by atoms with van der Waals surface area (Å²) in [6.45, 7) is 1.83. The van der Waals surface area contributed by atoms with E-state index >= 15 is 0 Å². The fourth-order valence-electron chi connectivity index (χ4n) is 1.41. The number of hydrogen-bond donors (Lipinski definition) is 0. The van der Waals surface area contributed by atoms with E-state index in [1.54, 1.807) is 0 Å². The van der Waals surface area contributed by atoms with Crippen LogP contribution in [0.15, 0.2) is 24.6 Å². The maximum absolute atomic E-state index is 13.2. The van der Waals surface area contributed by atoms with Gasteiger partial charge in [0.05, 0.1) is 0 Å². The number of hydrogen-bond acceptors (Lipinski definition) is 0. The van der Waals surface area contributed by atoms with Crippen molar-refractivity contribution in [1.29, 1.82) is 0 Å². The topological polar surface area (TPSA) is 0 Å². The molecule has 0 N–H and O–H groups in total. The first-order valence-electron chi connectivity index (χ1n) is 6.43. The molecule has 0 nitrogen and oxygen atoms in total. The third kappa shape index (κ3) is 3.80. The molecule has 0 unspecified atom stereocenters. The van der Waals surface area contributed by atoms with Crippen molar-refractivity contribution in [1.82, 2.24) is 0 Å². The van der Waals surface area contributed by atoms with Gasteiger partial charge in [0.1, 0.15) is 0 Å². The van der Waals surface area contributed by atoms with Crippen LogP contribution in [-0.4, -0.2) is 47.6 Å². The molecule has 0 aliphatic carbocycles. The van der Waals surface area contributed by atoms with Crippen LogP contribution in [0.3, 0.4) is 0 Å². The van der Waals surface area contributed by atoms with E-state index in [0.29, 0.717) is 0 Å². The molecule has 0 aliphatic heterocycles. The van der Waals surface area contributed by atoms with E-state index in [9.17, 15) is 79.0 Å². The van der Waals surface area contributed by atoms with Gasteiger partial charge in [-0.1, -0.05) is 6.58 Å². The SMILES string of the molecule is C=CC(F)(F)C(F)(F)C(F)(F)C(F)(F)C(F)(F)C=C(F)C(F)(F)C(F)(F)C(F)(F)F. The van der Waals surface area contributed by atoms with Crippen LogP contribution in [0.5, 0.6) is 0 Å². The Balaban J connectivity index is 6.58. The van der Waals surface area contributed by atoms with Crippen LogP contribution in [0, 0.1) is 0 Å². The van der Waals surface area contributed by atoms with Crippen molar-refractivity contribution in [2.24, 2.45) is 0 Å². The van der Waals surface area contributed by atoms with Crippen LogP contribution in [0.4, 0.5) is 79.0 Å². The highest BCUT2D eigenvalue weighted by molar-refractivity contribution is 5.22. The summed E-state index contributed by atoms with van der Waals surface area (Å²) in [4.78, 5) is 0. The average molecular weight is 490 g/mol. The lowest BCUT2D eigenvalue weighted by Gasteiger charge is -2.38. The average Bonchev–Trinajstić information content (AvgIpc) is 2.52. The quantitative estimate of drug-likeness (QED) is 0.253. The molecule has 18 heteroatoms. The molecule has 0 aromatic carbocycles. The molecule has 0 aromatic rings. The molecule has 178 valence electrons. The molecule has 0 aromatic heterocycles. The van der Waals surface area contributed by atoms with Gasteiger partial charge in [0.2, 0.25) is 0 Å². The lowest BCUT2D eigenvalue weighted by atomic mass is 9.93. The molecule has 0 amide bonds. The molecule has 0 saturated carbocycles. The first-order valence-corrected chi connectivity index (χ1v) is 6.43. The summed E-state index contributed by atoms with van der Waals surface area (Å²) in [5.74, 6) is -56.9. The highest BCUT2D eigenvalue weighted by Gasteiger charge is 2.86. The van der Waals surface area contributed by atoms with Gasteiger partial charge in [0, 0.05) is 6.08 Å². The Labute approximate surface area is 152 Å². The highest BCUT2D eigenvalue weighted by atomic mass is 19.4. The van der Waals surface area contributed by atoms with Gasteiger partial charge >= 0.3 is 47.6 Å². The minimum Gasteiger partial charge on any atom is -0.205 e. The summed E-state index contributed by atoms with van der Waals surface area (Å²) in [7, 11) is 0. The van der Waals surface area contributed by atoms with E-state index in [1.807, 2.05) is 6.58 Å². The third-order valence-electron chi connectivity index (χ3n) is 3.24. The second kappa shape index (κ2) is 7.13. The van der Waals surface area contributed by atoms with Gasteiger partial charge in [-0.3, -0.25) is 0 Å². The van der Waals surface area contributed by atoms with Crippen LogP contribution in [0.2, 0.25) is 0 Å². The molecule has 0 rings (SSSR count). The van der Waals surface area contributed by atoms with Crippen molar-refractivity contribution >= 4 is 0 Å². The fourth-order valence-corrected chi connectivity index (χ4v) is 1.41. The smallest absolute Gasteiger partial charge is 0.205 e. The Hall–Kier alpha value is -1.78. The lowest BCUT2D eigenvalue weighted by Crippen LogP contribution is -2.66. The molecule has 0 fully saturated rings. The molecule has 0 saturated heterocycles. The van der Waals surface area contributed by atoms with Crippen molar-refractivity contribution in [2.75, 3.05) is 0 Å². The van der Waals surface area contributed by atoms with Gasteiger partial charge in [-0.2, -0.15) is 74.6 Å². The fraction of sp³-hybridized carbons (Fsp3) is 0.667. The largest absolute Gasteiger partial charge is 0.460 e. The Morgan fingerprint density at radius 3 is 1.13 bits per heavy atom. The zero-order valence-corrected chi connectivity index (χ0v) is 13.2. The van der Waals surface area contributed by atoms with E-state index < -0.39 is 65.6 Å². The first kappa shape index (κ1) is 28.2. The minimum absolute atomic E-state index is 1.41.